The van der Waals surface area contributed by atoms with Crippen LogP contribution >= 0.6 is 11.8 Å². The molecule has 0 radical (unpaired) electrons. The van der Waals surface area contributed by atoms with Crippen molar-refractivity contribution < 1.29 is 14.3 Å². The summed E-state index contributed by atoms with van der Waals surface area (Å²) in [6.45, 7) is 5.32. The van der Waals surface area contributed by atoms with Crippen molar-refractivity contribution in [3.63, 3.8) is 0 Å². The first kappa shape index (κ1) is 23.8. The van der Waals surface area contributed by atoms with Gasteiger partial charge in [0.05, 0.1) is 17.4 Å². The predicted molar refractivity (Wildman–Crippen MR) is 143 cm³/mol. The third-order valence-corrected chi connectivity index (χ3v) is 8.06. The van der Waals surface area contributed by atoms with Crippen molar-refractivity contribution in [2.45, 2.75) is 16.3 Å². The molecular weight excluding hydrogens is 488 g/mol. The second kappa shape index (κ2) is 10.4. The number of pyridine rings is 1. The molecule has 37 heavy (non-hydrogen) atoms. The molecule has 9 nitrogen and oxygen atoms in total. The molecule has 1 aromatic heterocycles. The maximum Gasteiger partial charge on any atom is 0.327 e. The minimum absolute atomic E-state index is 0.0785. The Morgan fingerprint density at radius 1 is 1.05 bits per heavy atom. The number of urea groups is 1. The zero-order valence-electron chi connectivity index (χ0n) is 20.2. The molecule has 4 heterocycles. The summed E-state index contributed by atoms with van der Waals surface area (Å²) in [6.07, 6.45) is 1.70. The molecule has 3 N–H and O–H groups in total. The first-order valence-corrected chi connectivity index (χ1v) is 13.4. The number of piperazine rings is 1. The van der Waals surface area contributed by atoms with Crippen molar-refractivity contribution in [1.82, 2.24) is 25.8 Å². The lowest BCUT2D eigenvalue weighted by atomic mass is 10.00. The summed E-state index contributed by atoms with van der Waals surface area (Å²) in [5, 5.41) is 9.79. The van der Waals surface area contributed by atoms with Gasteiger partial charge in [0.15, 0.2) is 0 Å². The molecule has 3 amide bonds. The van der Waals surface area contributed by atoms with Crippen LogP contribution in [0.4, 0.5) is 16.2 Å². The van der Waals surface area contributed by atoms with Crippen LogP contribution in [0.25, 0.3) is 0 Å². The van der Waals surface area contributed by atoms with Gasteiger partial charge in [0, 0.05) is 51.0 Å². The number of nitrogens with zero attached hydrogens (tertiary/aromatic N) is 3. The summed E-state index contributed by atoms with van der Waals surface area (Å²) in [4.78, 5) is 35.0. The van der Waals surface area contributed by atoms with E-state index >= 15 is 0 Å². The van der Waals surface area contributed by atoms with Crippen molar-refractivity contribution in [2.75, 3.05) is 44.2 Å². The van der Waals surface area contributed by atoms with Gasteiger partial charge in [-0.3, -0.25) is 14.6 Å². The summed E-state index contributed by atoms with van der Waals surface area (Å²) in [7, 11) is 0. The normalized spacial score (nSPS) is 20.8. The lowest BCUT2D eigenvalue weighted by Gasteiger charge is -2.34. The molecule has 0 spiro atoms. The average molecular weight is 517 g/mol. The number of aromatic nitrogens is 1. The van der Waals surface area contributed by atoms with Gasteiger partial charge in [-0.15, -0.1) is 0 Å². The van der Waals surface area contributed by atoms with Crippen molar-refractivity contribution in [1.29, 1.82) is 0 Å². The molecule has 1 fully saturated rings. The van der Waals surface area contributed by atoms with Crippen LogP contribution < -0.4 is 25.6 Å². The van der Waals surface area contributed by atoms with E-state index in [0.29, 0.717) is 18.0 Å². The van der Waals surface area contributed by atoms with E-state index < -0.39 is 11.3 Å². The van der Waals surface area contributed by atoms with E-state index in [9.17, 15) is 9.59 Å². The highest BCUT2D eigenvalue weighted by atomic mass is 32.2. The van der Waals surface area contributed by atoms with Gasteiger partial charge >= 0.3 is 6.03 Å². The number of benzene rings is 2. The average Bonchev–Trinajstić information content (AvgIpc) is 3.30. The molecule has 2 aromatic carbocycles. The van der Waals surface area contributed by atoms with Crippen molar-refractivity contribution in [2.24, 2.45) is 0 Å². The van der Waals surface area contributed by atoms with E-state index in [-0.39, 0.29) is 11.9 Å². The molecule has 2 atom stereocenters. The highest BCUT2D eigenvalue weighted by molar-refractivity contribution is 8.01. The number of anilines is 2. The van der Waals surface area contributed by atoms with Crippen molar-refractivity contribution in [3.05, 3.63) is 72.4 Å². The minimum Gasteiger partial charge on any atom is -0.457 e. The topological polar surface area (TPSA) is 98.8 Å². The number of ether oxygens (including phenoxy) is 1. The molecule has 0 aliphatic carbocycles. The second-order valence-corrected chi connectivity index (χ2v) is 10.3. The van der Waals surface area contributed by atoms with Crippen LogP contribution in [-0.2, 0) is 4.79 Å². The van der Waals surface area contributed by atoms with Crippen LogP contribution in [0, 0.1) is 0 Å². The van der Waals surface area contributed by atoms with E-state index in [1.54, 1.807) is 11.1 Å². The fourth-order valence-electron chi connectivity index (χ4n) is 4.94. The zero-order valence-corrected chi connectivity index (χ0v) is 21.0. The fourth-order valence-corrected chi connectivity index (χ4v) is 6.19. The molecule has 6 rings (SSSR count). The number of carbonyl (C=O) groups is 2. The van der Waals surface area contributed by atoms with Crippen molar-refractivity contribution in [3.8, 4) is 11.5 Å². The number of thioether (sulfide) groups is 1. The highest BCUT2D eigenvalue weighted by Crippen LogP contribution is 2.50. The van der Waals surface area contributed by atoms with Gasteiger partial charge in [-0.25, -0.2) is 9.78 Å². The summed E-state index contributed by atoms with van der Waals surface area (Å²) < 4.78 is 5.89. The van der Waals surface area contributed by atoms with Gasteiger partial charge in [-0.05, 0) is 42.5 Å². The number of nitrogens with one attached hydrogen (secondary N) is 3. The number of hydrogen-bond acceptors (Lipinski definition) is 7. The van der Waals surface area contributed by atoms with Crippen LogP contribution in [0.1, 0.15) is 11.6 Å². The molecule has 0 bridgehead atoms. The van der Waals surface area contributed by atoms with Gasteiger partial charge in [0.1, 0.15) is 21.8 Å². The maximum atomic E-state index is 13.3. The molecule has 3 aliphatic heterocycles. The van der Waals surface area contributed by atoms with E-state index in [1.807, 2.05) is 60.7 Å². The van der Waals surface area contributed by atoms with Crippen LogP contribution in [0.3, 0.4) is 0 Å². The fraction of sp³-hybridized carbons (Fsp3) is 0.296. The predicted octanol–water partition coefficient (Wildman–Crippen LogP) is 3.27. The maximum absolute atomic E-state index is 13.3. The van der Waals surface area contributed by atoms with Gasteiger partial charge in [0.25, 0.3) is 0 Å². The van der Waals surface area contributed by atoms with E-state index in [1.165, 1.54) is 11.8 Å². The number of para-hydroxylation sites is 1. The summed E-state index contributed by atoms with van der Waals surface area (Å²) >= 11 is 1.41. The molecule has 0 saturated carbocycles. The van der Waals surface area contributed by atoms with E-state index in [4.69, 9.17) is 4.74 Å². The van der Waals surface area contributed by atoms with Gasteiger partial charge < -0.3 is 20.7 Å². The molecule has 10 heteroatoms. The molecular formula is C27H28N6O3S. The number of amides is 3. The SMILES string of the molecule is O=C(NCCN1CCNCC1)C1Sc2nccc3c2C1NC(=O)N3c1ccc(Oc2ccccc2)cc1. The van der Waals surface area contributed by atoms with Gasteiger partial charge in [-0.2, -0.15) is 0 Å². The standard InChI is InChI=1S/C27H28N6O3S/c34-25(29-14-17-32-15-12-28-13-16-32)24-23-22-21(10-11-30-26(22)37-24)33(27(35)31-23)18-6-8-20(9-7-18)36-19-4-2-1-3-5-19/h1-11,23-24,28H,12-17H2,(H,29,34)(H,31,35). The monoisotopic (exact) mass is 516 g/mol. The van der Waals surface area contributed by atoms with Crippen LogP contribution in [-0.4, -0.2) is 66.3 Å². The third kappa shape index (κ3) is 4.87. The second-order valence-electron chi connectivity index (χ2n) is 9.14. The van der Waals surface area contributed by atoms with Crippen LogP contribution in [0.5, 0.6) is 11.5 Å². The smallest absolute Gasteiger partial charge is 0.327 e. The molecule has 1 saturated heterocycles. The van der Waals surface area contributed by atoms with Crippen LogP contribution in [0.2, 0.25) is 0 Å². The first-order valence-electron chi connectivity index (χ1n) is 12.5. The molecule has 2 unspecified atom stereocenters. The van der Waals surface area contributed by atoms with Crippen LogP contribution in [0.15, 0.2) is 71.9 Å². The van der Waals surface area contributed by atoms with Gasteiger partial charge in [0.2, 0.25) is 5.91 Å². The number of carbonyl (C=O) groups excluding carboxylic acids is 2. The van der Waals surface area contributed by atoms with E-state index in [2.05, 4.69) is 25.8 Å². The zero-order chi connectivity index (χ0) is 25.2. The Labute approximate surface area is 219 Å². The summed E-state index contributed by atoms with van der Waals surface area (Å²) in [5.74, 6) is 1.35. The number of rotatable bonds is 7. The number of hydrogen-bond donors (Lipinski definition) is 3. The van der Waals surface area contributed by atoms with E-state index in [0.717, 1.165) is 54.8 Å². The summed E-state index contributed by atoms with van der Waals surface area (Å²) in [5.41, 5.74) is 2.34. The Balaban J connectivity index is 1.17. The first-order chi connectivity index (χ1) is 18.2. The summed E-state index contributed by atoms with van der Waals surface area (Å²) in [6, 6.07) is 18.1. The largest absolute Gasteiger partial charge is 0.457 e. The Morgan fingerprint density at radius 3 is 2.59 bits per heavy atom. The lowest BCUT2D eigenvalue weighted by molar-refractivity contribution is -0.121. The highest BCUT2D eigenvalue weighted by Gasteiger charge is 2.46. The molecule has 3 aliphatic rings. The minimum atomic E-state index is -0.459. The molecule has 190 valence electrons. The Morgan fingerprint density at radius 2 is 1.81 bits per heavy atom. The Hall–Kier alpha value is -3.60. The quantitative estimate of drug-likeness (QED) is 0.443. The Kier molecular flexibility index (Phi) is 6.69. The molecule has 3 aromatic rings. The Bertz CT molecular complexity index is 1280. The third-order valence-electron chi connectivity index (χ3n) is 6.77. The van der Waals surface area contributed by atoms with Crippen molar-refractivity contribution >= 4 is 35.1 Å². The lowest BCUT2D eigenvalue weighted by Crippen LogP contribution is -2.50. The van der Waals surface area contributed by atoms with Gasteiger partial charge in [-0.1, -0.05) is 30.0 Å².